The summed E-state index contributed by atoms with van der Waals surface area (Å²) in [6.07, 6.45) is -2.85. The van der Waals surface area contributed by atoms with E-state index in [2.05, 4.69) is 26.6 Å². The van der Waals surface area contributed by atoms with Crippen LogP contribution in [0.2, 0.25) is 0 Å². The number of rotatable bonds is 21. The van der Waals surface area contributed by atoms with Gasteiger partial charge in [-0.25, -0.2) is 0 Å². The fraction of sp³-hybridized carbons (Fsp3) is 0.836. The molecule has 25 nitrogen and oxygen atoms in total. The van der Waals surface area contributed by atoms with Crippen LogP contribution in [-0.4, -0.2) is 252 Å². The third-order valence-electron chi connectivity index (χ3n) is 17.7. The summed E-state index contributed by atoms with van der Waals surface area (Å²) in [5.41, 5.74) is -3.27. The fourth-order valence-electron chi connectivity index (χ4n) is 11.4. The quantitative estimate of drug-likeness (QED) is 0.0675. The van der Waals surface area contributed by atoms with E-state index in [0.717, 1.165) is 19.6 Å². The minimum absolute atomic E-state index is 0.0683. The molecule has 552 valence electrons. The molecule has 0 aromatic rings. The Bertz CT molecular complexity index is 2590. The predicted molar refractivity (Wildman–Crippen MR) is 358 cm³/mol. The average Bonchev–Trinajstić information content (AvgIpc) is 0.851. The van der Waals surface area contributed by atoms with E-state index in [4.69, 9.17) is 21.1 Å². The second kappa shape index (κ2) is 39.7. The van der Waals surface area contributed by atoms with Crippen molar-refractivity contribution in [1.29, 1.82) is 0 Å². The van der Waals surface area contributed by atoms with Crippen molar-refractivity contribution in [3.63, 3.8) is 0 Å². The molecule has 2 rings (SSSR count). The van der Waals surface area contributed by atoms with Crippen molar-refractivity contribution >= 4 is 76.6 Å². The second-order valence-corrected chi connectivity index (χ2v) is 29.6. The molecule has 1 saturated carbocycles. The van der Waals surface area contributed by atoms with E-state index in [9.17, 15) is 71.0 Å². The predicted octanol–water partition coefficient (Wildman–Crippen LogP) is 4.63. The third kappa shape index (κ3) is 28.5. The van der Waals surface area contributed by atoms with Crippen molar-refractivity contribution in [3.8, 4) is 0 Å². The van der Waals surface area contributed by atoms with Gasteiger partial charge >= 0.3 is 6.18 Å². The van der Waals surface area contributed by atoms with Gasteiger partial charge in [0.2, 0.25) is 65.0 Å². The number of hydrogen-bond donors (Lipinski definition) is 6. The topological polar surface area (TPSA) is 306 Å². The number of alkyl halides is 4. The van der Waals surface area contributed by atoms with Crippen molar-refractivity contribution in [1.82, 2.24) is 56.0 Å². The van der Waals surface area contributed by atoms with Gasteiger partial charge in [0.25, 0.3) is 0 Å². The first kappa shape index (κ1) is 86.2. The molecule has 1 saturated heterocycles. The maximum atomic E-state index is 14.8. The van der Waals surface area contributed by atoms with Crippen LogP contribution in [-0.2, 0) is 62.2 Å². The van der Waals surface area contributed by atoms with Crippen LogP contribution in [0.5, 0.6) is 0 Å². The molecule has 11 amide bonds. The molecular weight excluding hydrogens is 1280 g/mol. The van der Waals surface area contributed by atoms with Crippen LogP contribution in [0.15, 0.2) is 0 Å². The summed E-state index contributed by atoms with van der Waals surface area (Å²) in [6.45, 7) is 21.2. The van der Waals surface area contributed by atoms with E-state index in [-0.39, 0.29) is 95.5 Å². The monoisotopic (exact) mass is 1390 g/mol. The molecule has 2 fully saturated rings. The highest BCUT2D eigenvalue weighted by atomic mass is 35.5. The molecule has 1 aliphatic carbocycles. The first-order valence-corrected chi connectivity index (χ1v) is 34.5. The summed E-state index contributed by atoms with van der Waals surface area (Å²) in [6, 6.07) is -8.87. The summed E-state index contributed by atoms with van der Waals surface area (Å²) in [4.78, 5) is 167. The largest absolute Gasteiger partial charge is 0.393 e. The van der Waals surface area contributed by atoms with Crippen LogP contribution < -0.4 is 26.6 Å². The van der Waals surface area contributed by atoms with Crippen LogP contribution >= 0.6 is 11.6 Å². The standard InChI is InChI=1S/C67H117ClF3N11O14/c1-20-22-28-82-36-55(85)77(15)35-56(86)80(18)52(38-95-29-27-40(3)4)62(91)78(16)34-53(83)73-48(26-24-45-23-25-46(47(68)33-45)67(69,70)71)58(87)74-49(37-96-39-65(11,12)94)59(88)76-66(13,14)64(93)81(19)51(31-42(7)8)60(89)72-44(10)32-54(84)79(17)50(30-41(5)6)61(90)75-57(63(82)92)43(9)21-2/h40-52,57,94H,20-39H2,1-19H3,(H,72,89)(H,73,83)(H,74,87)(H,75,90)(H,76,88)/t43-,44+,45?,46?,47?,48-,49-,50-,51-,52-,57-/m0/s1. The highest BCUT2D eigenvalue weighted by Gasteiger charge is 2.47. The molecule has 29 heteroatoms. The van der Waals surface area contributed by atoms with Crippen LogP contribution in [0, 0.1) is 35.5 Å². The van der Waals surface area contributed by atoms with Crippen molar-refractivity contribution < 1.29 is 80.5 Å². The molecule has 0 aromatic carbocycles. The minimum Gasteiger partial charge on any atom is -0.388 e. The molecule has 0 aromatic heterocycles. The zero-order valence-corrected chi connectivity index (χ0v) is 61.4. The first-order valence-electron chi connectivity index (χ1n) is 34.0. The van der Waals surface area contributed by atoms with Gasteiger partial charge in [-0.15, -0.1) is 11.6 Å². The summed E-state index contributed by atoms with van der Waals surface area (Å²) < 4.78 is 53.4. The lowest BCUT2D eigenvalue weighted by atomic mass is 9.79. The molecule has 2 aliphatic rings. The molecule has 0 bridgehead atoms. The molecule has 96 heavy (non-hydrogen) atoms. The van der Waals surface area contributed by atoms with Crippen LogP contribution in [0.25, 0.3) is 0 Å². The van der Waals surface area contributed by atoms with Crippen LogP contribution in [0.1, 0.15) is 174 Å². The highest BCUT2D eigenvalue weighted by Crippen LogP contribution is 2.43. The lowest BCUT2D eigenvalue weighted by molar-refractivity contribution is -0.182. The smallest absolute Gasteiger partial charge is 0.388 e. The Kier molecular flexibility index (Phi) is 35.6. The molecule has 11 atom stereocenters. The Morgan fingerprint density at radius 1 is 0.646 bits per heavy atom. The average molecular weight is 1390 g/mol. The van der Waals surface area contributed by atoms with Gasteiger partial charge in [-0.3, -0.25) is 52.7 Å². The Labute approximate surface area is 573 Å². The van der Waals surface area contributed by atoms with E-state index < -0.39 is 174 Å². The summed E-state index contributed by atoms with van der Waals surface area (Å²) >= 11 is 6.32. The third-order valence-corrected chi connectivity index (χ3v) is 18.2. The Morgan fingerprint density at radius 2 is 1.23 bits per heavy atom. The van der Waals surface area contributed by atoms with Crippen LogP contribution in [0.3, 0.4) is 0 Å². The number of carbonyl (C=O) groups is 11. The number of amides is 11. The SMILES string of the molecule is CCCCN1CC(=O)N(C)CC(=O)N(C)[C@@H](COCCC(C)C)C(=O)N(C)CC(=O)N[C@@H](CCC2CCC(C(F)(F)F)C(Cl)C2)C(=O)N[C@@H](COCC(C)(C)O)C(=O)NC(C)(C)C(=O)N(C)[C@@H](CC(C)C)C(=O)N[C@H](C)CC(=O)N(C)[C@@H](CC(C)C)C(=O)N[C@@H]([C@@H](C)CC)C1=O. The number of halogens is 4. The van der Waals surface area contributed by atoms with E-state index in [0.29, 0.717) is 25.7 Å². The zero-order chi connectivity index (χ0) is 73.5. The van der Waals surface area contributed by atoms with Gasteiger partial charge in [-0.2, -0.15) is 13.2 Å². The van der Waals surface area contributed by atoms with E-state index in [1.165, 1.54) is 72.7 Å². The highest BCUT2D eigenvalue weighted by molar-refractivity contribution is 6.20. The normalized spacial score (nSPS) is 26.5. The van der Waals surface area contributed by atoms with Gasteiger partial charge in [0, 0.05) is 66.2 Å². The number of ether oxygens (including phenoxy) is 2. The molecule has 6 N–H and O–H groups in total. The van der Waals surface area contributed by atoms with E-state index >= 15 is 0 Å². The number of aliphatic hydroxyl groups is 1. The van der Waals surface area contributed by atoms with E-state index in [1.54, 1.807) is 13.8 Å². The van der Waals surface area contributed by atoms with Gasteiger partial charge < -0.3 is 70.6 Å². The Hall–Kier alpha value is -5.87. The molecule has 0 spiro atoms. The second-order valence-electron chi connectivity index (χ2n) is 29.1. The summed E-state index contributed by atoms with van der Waals surface area (Å²) in [5.74, 6) is -10.9. The number of carbonyl (C=O) groups excluding carboxylic acids is 11. The zero-order valence-electron chi connectivity index (χ0n) is 60.7. The fourth-order valence-corrected chi connectivity index (χ4v) is 11.9. The Morgan fingerprint density at radius 3 is 1.77 bits per heavy atom. The van der Waals surface area contributed by atoms with Crippen molar-refractivity contribution in [2.24, 2.45) is 35.5 Å². The van der Waals surface area contributed by atoms with Gasteiger partial charge in [0.1, 0.15) is 41.8 Å². The lowest BCUT2D eigenvalue weighted by Crippen LogP contribution is -2.63. The molecule has 1 heterocycles. The van der Waals surface area contributed by atoms with Crippen LogP contribution in [0.4, 0.5) is 13.2 Å². The van der Waals surface area contributed by atoms with Crippen molar-refractivity contribution in [3.05, 3.63) is 0 Å². The lowest BCUT2D eigenvalue weighted by Gasteiger charge is -2.37. The van der Waals surface area contributed by atoms with Crippen molar-refractivity contribution in [2.75, 3.05) is 87.8 Å². The maximum absolute atomic E-state index is 14.8. The maximum Gasteiger partial charge on any atom is 0.393 e. The minimum atomic E-state index is -4.55. The van der Waals surface area contributed by atoms with Gasteiger partial charge in [-0.1, -0.05) is 75.2 Å². The Balaban J connectivity index is 2.91. The number of unbranched alkanes of at least 4 members (excludes halogenated alkanes) is 1. The molecular formula is C67H117ClF3N11O14. The number of likely N-dealkylation sites (N-methyl/N-ethyl adjacent to an activating group) is 5. The summed E-state index contributed by atoms with van der Waals surface area (Å²) in [5, 5.41) is 23.0. The number of hydrogen-bond acceptors (Lipinski definition) is 14. The first-order chi connectivity index (χ1) is 44.4. The van der Waals surface area contributed by atoms with Gasteiger partial charge in [0.05, 0.1) is 51.0 Å². The van der Waals surface area contributed by atoms with Crippen molar-refractivity contribution in [2.45, 2.75) is 239 Å². The molecule has 0 radical (unpaired) electrons. The molecule has 1 aliphatic heterocycles. The van der Waals surface area contributed by atoms with Gasteiger partial charge in [0.15, 0.2) is 0 Å². The number of nitrogens with one attached hydrogen (secondary N) is 5. The molecule has 3 unspecified atom stereocenters. The number of nitrogens with zero attached hydrogens (tertiary/aromatic N) is 6. The van der Waals surface area contributed by atoms with Gasteiger partial charge in [-0.05, 0) is 122 Å². The summed E-state index contributed by atoms with van der Waals surface area (Å²) in [7, 11) is 6.80. The van der Waals surface area contributed by atoms with E-state index in [1.807, 2.05) is 55.4 Å².